The standard InChI is InChI=1S/C22H21NO2/c1-3-25-19-14-10-17(11-15-19)23-21-7-5-4-6-20(21)22(23)16-8-12-18(24-2)13-9-16/h4-15,22H,3H2,1-2H3. The molecule has 0 N–H and O–H groups in total. The lowest BCUT2D eigenvalue weighted by Crippen LogP contribution is -2.34. The highest BCUT2D eigenvalue weighted by molar-refractivity contribution is 5.79. The second kappa shape index (κ2) is 6.52. The fourth-order valence-electron chi connectivity index (χ4n) is 3.42. The third-order valence-electron chi connectivity index (χ3n) is 4.61. The highest BCUT2D eigenvalue weighted by atomic mass is 16.5. The van der Waals surface area contributed by atoms with E-state index in [0.29, 0.717) is 6.61 Å². The molecular weight excluding hydrogens is 310 g/mol. The Kier molecular flexibility index (Phi) is 4.06. The molecule has 25 heavy (non-hydrogen) atoms. The molecule has 3 aromatic carbocycles. The van der Waals surface area contributed by atoms with E-state index in [4.69, 9.17) is 9.47 Å². The van der Waals surface area contributed by atoms with Crippen LogP contribution in [0.1, 0.15) is 24.1 Å². The molecule has 0 fully saturated rings. The summed E-state index contributed by atoms with van der Waals surface area (Å²) in [5.74, 6) is 1.78. The molecule has 1 heterocycles. The summed E-state index contributed by atoms with van der Waals surface area (Å²) in [5.41, 5.74) is 5.03. The molecule has 0 aliphatic carbocycles. The van der Waals surface area contributed by atoms with Crippen molar-refractivity contribution in [2.45, 2.75) is 13.0 Å². The number of ether oxygens (including phenoxy) is 2. The maximum atomic E-state index is 5.57. The lowest BCUT2D eigenvalue weighted by atomic mass is 9.87. The Morgan fingerprint density at radius 1 is 0.840 bits per heavy atom. The predicted molar refractivity (Wildman–Crippen MR) is 101 cm³/mol. The summed E-state index contributed by atoms with van der Waals surface area (Å²) in [7, 11) is 1.69. The van der Waals surface area contributed by atoms with Gasteiger partial charge in [-0.2, -0.15) is 0 Å². The summed E-state index contributed by atoms with van der Waals surface area (Å²) in [6.07, 6.45) is 0. The Bertz CT molecular complexity index is 856. The van der Waals surface area contributed by atoms with E-state index in [2.05, 4.69) is 53.4 Å². The molecule has 0 radical (unpaired) electrons. The first-order valence-corrected chi connectivity index (χ1v) is 8.57. The van der Waals surface area contributed by atoms with Crippen molar-refractivity contribution >= 4 is 11.4 Å². The van der Waals surface area contributed by atoms with E-state index in [1.807, 2.05) is 31.2 Å². The van der Waals surface area contributed by atoms with Gasteiger partial charge in [0.1, 0.15) is 11.5 Å². The number of nitrogens with zero attached hydrogens (tertiary/aromatic N) is 1. The third kappa shape index (κ3) is 2.72. The van der Waals surface area contributed by atoms with Crippen LogP contribution < -0.4 is 14.4 Å². The van der Waals surface area contributed by atoms with Crippen molar-refractivity contribution in [1.29, 1.82) is 0 Å². The molecule has 0 amide bonds. The molecule has 1 unspecified atom stereocenters. The first-order valence-electron chi connectivity index (χ1n) is 8.57. The van der Waals surface area contributed by atoms with Gasteiger partial charge < -0.3 is 14.4 Å². The fourth-order valence-corrected chi connectivity index (χ4v) is 3.42. The number of anilines is 2. The van der Waals surface area contributed by atoms with Crippen LogP contribution in [-0.4, -0.2) is 13.7 Å². The van der Waals surface area contributed by atoms with Crippen molar-refractivity contribution in [3.05, 3.63) is 83.9 Å². The van der Waals surface area contributed by atoms with Gasteiger partial charge in [0, 0.05) is 16.9 Å². The molecule has 3 aromatic rings. The van der Waals surface area contributed by atoms with Crippen LogP contribution >= 0.6 is 0 Å². The van der Waals surface area contributed by atoms with Gasteiger partial charge in [0.05, 0.1) is 19.8 Å². The monoisotopic (exact) mass is 331 g/mol. The minimum absolute atomic E-state index is 0.222. The van der Waals surface area contributed by atoms with E-state index in [9.17, 15) is 0 Å². The van der Waals surface area contributed by atoms with Gasteiger partial charge >= 0.3 is 0 Å². The zero-order valence-electron chi connectivity index (χ0n) is 14.5. The Hall–Kier alpha value is -2.94. The van der Waals surface area contributed by atoms with Gasteiger partial charge in [0.25, 0.3) is 0 Å². The molecule has 3 heteroatoms. The SMILES string of the molecule is CCOc1ccc(N2c3ccccc3C2c2ccc(OC)cc2)cc1. The van der Waals surface area contributed by atoms with Crippen LogP contribution in [0.4, 0.5) is 11.4 Å². The predicted octanol–water partition coefficient (Wildman–Crippen LogP) is 5.34. The van der Waals surface area contributed by atoms with E-state index in [-0.39, 0.29) is 6.04 Å². The smallest absolute Gasteiger partial charge is 0.119 e. The molecule has 0 saturated heterocycles. The summed E-state index contributed by atoms with van der Waals surface area (Å²) in [6.45, 7) is 2.68. The van der Waals surface area contributed by atoms with Gasteiger partial charge in [0.2, 0.25) is 0 Å². The van der Waals surface area contributed by atoms with Crippen LogP contribution in [0.2, 0.25) is 0 Å². The normalized spacial score (nSPS) is 15.3. The fraction of sp³-hybridized carbons (Fsp3) is 0.182. The molecule has 0 aromatic heterocycles. The van der Waals surface area contributed by atoms with Crippen molar-refractivity contribution in [2.24, 2.45) is 0 Å². The maximum absolute atomic E-state index is 5.57. The Labute approximate surface area is 148 Å². The second-order valence-electron chi connectivity index (χ2n) is 6.03. The molecule has 4 rings (SSSR count). The van der Waals surface area contributed by atoms with Crippen LogP contribution in [0.25, 0.3) is 0 Å². The lowest BCUT2D eigenvalue weighted by Gasteiger charge is -2.45. The zero-order chi connectivity index (χ0) is 17.2. The molecule has 1 aliphatic rings. The van der Waals surface area contributed by atoms with E-state index >= 15 is 0 Å². The van der Waals surface area contributed by atoms with Gasteiger partial charge in [0.15, 0.2) is 0 Å². The molecule has 0 bridgehead atoms. The molecule has 126 valence electrons. The third-order valence-corrected chi connectivity index (χ3v) is 4.61. The number of benzene rings is 3. The number of fused-ring (bicyclic) bond motifs is 1. The molecule has 1 aliphatic heterocycles. The van der Waals surface area contributed by atoms with E-state index in [0.717, 1.165) is 11.5 Å². The summed E-state index contributed by atoms with van der Waals surface area (Å²) in [6, 6.07) is 25.4. The van der Waals surface area contributed by atoms with Gasteiger partial charge in [-0.25, -0.2) is 0 Å². The first kappa shape index (κ1) is 15.6. The highest BCUT2D eigenvalue weighted by Crippen LogP contribution is 2.51. The number of hydrogen-bond donors (Lipinski definition) is 0. The minimum atomic E-state index is 0.222. The number of hydrogen-bond acceptors (Lipinski definition) is 3. The van der Waals surface area contributed by atoms with Crippen LogP contribution in [0.3, 0.4) is 0 Å². The van der Waals surface area contributed by atoms with E-state index < -0.39 is 0 Å². The van der Waals surface area contributed by atoms with Crippen molar-refractivity contribution in [3.8, 4) is 11.5 Å². The maximum Gasteiger partial charge on any atom is 0.119 e. The zero-order valence-corrected chi connectivity index (χ0v) is 14.5. The Balaban J connectivity index is 1.71. The highest BCUT2D eigenvalue weighted by Gasteiger charge is 2.36. The topological polar surface area (TPSA) is 21.7 Å². The van der Waals surface area contributed by atoms with Gasteiger partial charge in [-0.15, -0.1) is 0 Å². The minimum Gasteiger partial charge on any atom is -0.497 e. The molecule has 3 nitrogen and oxygen atoms in total. The van der Waals surface area contributed by atoms with E-state index in [1.54, 1.807) is 7.11 Å². The number of para-hydroxylation sites is 1. The second-order valence-corrected chi connectivity index (χ2v) is 6.03. The van der Waals surface area contributed by atoms with Gasteiger partial charge in [-0.1, -0.05) is 30.3 Å². The largest absolute Gasteiger partial charge is 0.497 e. The van der Waals surface area contributed by atoms with Crippen molar-refractivity contribution in [3.63, 3.8) is 0 Å². The molecule has 1 atom stereocenters. The van der Waals surface area contributed by atoms with Gasteiger partial charge in [-0.05, 0) is 55.0 Å². The van der Waals surface area contributed by atoms with Crippen LogP contribution in [0, 0.1) is 0 Å². The average molecular weight is 331 g/mol. The average Bonchev–Trinajstić information content (AvgIpc) is 2.65. The Morgan fingerprint density at radius 2 is 1.52 bits per heavy atom. The van der Waals surface area contributed by atoms with E-state index in [1.165, 1.54) is 22.5 Å². The summed E-state index contributed by atoms with van der Waals surface area (Å²) < 4.78 is 10.9. The quantitative estimate of drug-likeness (QED) is 0.630. The lowest BCUT2D eigenvalue weighted by molar-refractivity contribution is 0.340. The summed E-state index contributed by atoms with van der Waals surface area (Å²) >= 11 is 0. The van der Waals surface area contributed by atoms with Crippen molar-refractivity contribution < 1.29 is 9.47 Å². The molecular formula is C22H21NO2. The Morgan fingerprint density at radius 3 is 2.20 bits per heavy atom. The number of rotatable bonds is 5. The summed E-state index contributed by atoms with van der Waals surface area (Å²) in [5, 5.41) is 0. The van der Waals surface area contributed by atoms with Crippen LogP contribution in [-0.2, 0) is 0 Å². The van der Waals surface area contributed by atoms with Crippen molar-refractivity contribution in [2.75, 3.05) is 18.6 Å². The summed E-state index contributed by atoms with van der Waals surface area (Å²) in [4.78, 5) is 2.37. The molecule has 0 saturated carbocycles. The van der Waals surface area contributed by atoms with Crippen LogP contribution in [0.5, 0.6) is 11.5 Å². The first-order chi connectivity index (χ1) is 12.3. The number of methoxy groups -OCH3 is 1. The van der Waals surface area contributed by atoms with Crippen molar-refractivity contribution in [1.82, 2.24) is 0 Å². The van der Waals surface area contributed by atoms with Gasteiger partial charge in [-0.3, -0.25) is 0 Å². The molecule has 0 spiro atoms. The van der Waals surface area contributed by atoms with Crippen LogP contribution in [0.15, 0.2) is 72.8 Å².